The molecule has 1 amide bonds. The quantitative estimate of drug-likeness (QED) is 0.908. The van der Waals surface area contributed by atoms with Crippen molar-refractivity contribution in [1.82, 2.24) is 9.80 Å². The number of benzene rings is 1. The number of carbonyl (C=O) groups is 1. The molecule has 1 aromatic carbocycles. The Kier molecular flexibility index (Phi) is 3.92. The highest BCUT2D eigenvalue weighted by Gasteiger charge is 2.30. The van der Waals surface area contributed by atoms with E-state index in [4.69, 9.17) is 0 Å². The molecule has 0 radical (unpaired) electrons. The number of rotatable bonds is 4. The molecule has 2 heterocycles. The van der Waals surface area contributed by atoms with Crippen LogP contribution in [0, 0.1) is 0 Å². The number of fused-ring (bicyclic) bond motifs is 1. The number of likely N-dealkylation sites (N-methyl/N-ethyl adjacent to an activating group) is 1. The van der Waals surface area contributed by atoms with Gasteiger partial charge in [-0.05, 0) is 37.6 Å². The monoisotopic (exact) mass is 273 g/mol. The van der Waals surface area contributed by atoms with Crippen LogP contribution in [0.15, 0.2) is 24.3 Å². The first-order valence-electron chi connectivity index (χ1n) is 7.56. The van der Waals surface area contributed by atoms with Crippen LogP contribution in [0.1, 0.15) is 24.3 Å². The molecule has 2 aliphatic rings. The van der Waals surface area contributed by atoms with Crippen molar-refractivity contribution in [3.05, 3.63) is 29.8 Å². The SMILES string of the molecule is CN(CCN1CCCC1)C(=O)C1CNc2ccccc21. The fraction of sp³-hybridized carbons (Fsp3) is 0.562. The number of amides is 1. The Balaban J connectivity index is 1.58. The van der Waals surface area contributed by atoms with E-state index in [0.29, 0.717) is 0 Å². The van der Waals surface area contributed by atoms with E-state index in [1.54, 1.807) is 0 Å². The van der Waals surface area contributed by atoms with Gasteiger partial charge in [-0.25, -0.2) is 0 Å². The Bertz CT molecular complexity index is 482. The molecule has 0 bridgehead atoms. The number of anilines is 1. The topological polar surface area (TPSA) is 35.6 Å². The van der Waals surface area contributed by atoms with Gasteiger partial charge in [0.25, 0.3) is 0 Å². The number of hydrogen-bond donors (Lipinski definition) is 1. The molecule has 1 N–H and O–H groups in total. The summed E-state index contributed by atoms with van der Waals surface area (Å²) in [6.07, 6.45) is 2.61. The zero-order valence-electron chi connectivity index (χ0n) is 12.1. The summed E-state index contributed by atoms with van der Waals surface area (Å²) in [6, 6.07) is 8.13. The highest BCUT2D eigenvalue weighted by Crippen LogP contribution is 2.32. The molecule has 0 aromatic heterocycles. The summed E-state index contributed by atoms with van der Waals surface area (Å²) in [5.41, 5.74) is 2.25. The first-order chi connectivity index (χ1) is 9.75. The Morgan fingerprint density at radius 3 is 2.90 bits per heavy atom. The lowest BCUT2D eigenvalue weighted by atomic mass is 10.00. The van der Waals surface area contributed by atoms with Crippen LogP contribution in [0.3, 0.4) is 0 Å². The molecule has 0 saturated carbocycles. The van der Waals surface area contributed by atoms with Gasteiger partial charge >= 0.3 is 0 Å². The Morgan fingerprint density at radius 1 is 1.35 bits per heavy atom. The molecule has 108 valence electrons. The Morgan fingerprint density at radius 2 is 2.10 bits per heavy atom. The minimum absolute atomic E-state index is 0.0187. The third kappa shape index (κ3) is 2.66. The number of likely N-dealkylation sites (tertiary alicyclic amines) is 1. The molecule has 1 saturated heterocycles. The van der Waals surface area contributed by atoms with Crippen molar-refractivity contribution in [1.29, 1.82) is 0 Å². The van der Waals surface area contributed by atoms with Gasteiger partial charge in [-0.2, -0.15) is 0 Å². The number of carbonyl (C=O) groups excluding carboxylic acids is 1. The van der Waals surface area contributed by atoms with E-state index in [0.717, 1.165) is 30.9 Å². The fourth-order valence-electron chi connectivity index (χ4n) is 3.18. The molecular weight excluding hydrogens is 250 g/mol. The van der Waals surface area contributed by atoms with E-state index in [1.807, 2.05) is 30.1 Å². The summed E-state index contributed by atoms with van der Waals surface area (Å²) in [6.45, 7) is 4.94. The van der Waals surface area contributed by atoms with Crippen molar-refractivity contribution in [2.24, 2.45) is 0 Å². The molecule has 0 spiro atoms. The molecule has 1 unspecified atom stereocenters. The van der Waals surface area contributed by atoms with E-state index < -0.39 is 0 Å². The van der Waals surface area contributed by atoms with Crippen molar-refractivity contribution in [3.63, 3.8) is 0 Å². The van der Waals surface area contributed by atoms with Gasteiger partial charge in [-0.3, -0.25) is 4.79 Å². The summed E-state index contributed by atoms with van der Waals surface area (Å²) in [4.78, 5) is 16.9. The van der Waals surface area contributed by atoms with Gasteiger partial charge in [-0.15, -0.1) is 0 Å². The van der Waals surface area contributed by atoms with E-state index in [9.17, 15) is 4.79 Å². The van der Waals surface area contributed by atoms with Gasteiger partial charge in [0.1, 0.15) is 0 Å². The Labute approximate surface area is 120 Å². The maximum absolute atomic E-state index is 12.6. The molecule has 1 fully saturated rings. The van der Waals surface area contributed by atoms with Crippen molar-refractivity contribution >= 4 is 11.6 Å². The third-order valence-electron chi connectivity index (χ3n) is 4.46. The van der Waals surface area contributed by atoms with E-state index in [-0.39, 0.29) is 11.8 Å². The Hall–Kier alpha value is -1.55. The minimum atomic E-state index is -0.0187. The van der Waals surface area contributed by atoms with Crippen LogP contribution in [0.4, 0.5) is 5.69 Å². The van der Waals surface area contributed by atoms with Gasteiger partial charge in [0.15, 0.2) is 0 Å². The van der Waals surface area contributed by atoms with Gasteiger partial charge < -0.3 is 15.1 Å². The molecule has 0 aliphatic carbocycles. The number of nitrogens with zero attached hydrogens (tertiary/aromatic N) is 2. The smallest absolute Gasteiger partial charge is 0.231 e. The molecule has 4 heteroatoms. The average molecular weight is 273 g/mol. The van der Waals surface area contributed by atoms with Gasteiger partial charge in [0.2, 0.25) is 5.91 Å². The van der Waals surface area contributed by atoms with Crippen LogP contribution >= 0.6 is 0 Å². The number of nitrogens with one attached hydrogen (secondary N) is 1. The molecular formula is C16H23N3O. The predicted molar refractivity (Wildman–Crippen MR) is 81.0 cm³/mol. The lowest BCUT2D eigenvalue weighted by molar-refractivity contribution is -0.131. The number of hydrogen-bond acceptors (Lipinski definition) is 3. The van der Waals surface area contributed by atoms with Crippen LogP contribution in [0.5, 0.6) is 0 Å². The molecule has 20 heavy (non-hydrogen) atoms. The zero-order valence-corrected chi connectivity index (χ0v) is 12.1. The molecule has 1 atom stereocenters. The van der Waals surface area contributed by atoms with Crippen LogP contribution in [0.2, 0.25) is 0 Å². The first kappa shape index (κ1) is 13.4. The lowest BCUT2D eigenvalue weighted by Gasteiger charge is -2.24. The average Bonchev–Trinajstić information content (AvgIpc) is 3.13. The van der Waals surface area contributed by atoms with Crippen molar-refractivity contribution < 1.29 is 4.79 Å². The fourth-order valence-corrected chi connectivity index (χ4v) is 3.18. The van der Waals surface area contributed by atoms with E-state index in [2.05, 4.69) is 16.3 Å². The zero-order chi connectivity index (χ0) is 13.9. The molecule has 1 aromatic rings. The largest absolute Gasteiger partial charge is 0.384 e. The van der Waals surface area contributed by atoms with Crippen LogP contribution in [-0.4, -0.2) is 55.5 Å². The van der Waals surface area contributed by atoms with Gasteiger partial charge in [0, 0.05) is 32.4 Å². The normalized spacial score (nSPS) is 21.6. The molecule has 4 nitrogen and oxygen atoms in total. The van der Waals surface area contributed by atoms with Crippen molar-refractivity contribution in [3.8, 4) is 0 Å². The maximum atomic E-state index is 12.6. The predicted octanol–water partition coefficient (Wildman–Crippen LogP) is 1.75. The van der Waals surface area contributed by atoms with Crippen LogP contribution in [-0.2, 0) is 4.79 Å². The highest BCUT2D eigenvalue weighted by molar-refractivity contribution is 5.88. The lowest BCUT2D eigenvalue weighted by Crippen LogP contribution is -2.38. The van der Waals surface area contributed by atoms with Gasteiger partial charge in [-0.1, -0.05) is 18.2 Å². The summed E-state index contributed by atoms with van der Waals surface area (Å²) >= 11 is 0. The number of para-hydroxylation sites is 1. The minimum Gasteiger partial charge on any atom is -0.384 e. The highest BCUT2D eigenvalue weighted by atomic mass is 16.2. The van der Waals surface area contributed by atoms with Crippen LogP contribution in [0.25, 0.3) is 0 Å². The molecule has 3 rings (SSSR count). The van der Waals surface area contributed by atoms with Crippen molar-refractivity contribution in [2.75, 3.05) is 45.1 Å². The summed E-state index contributed by atoms with van der Waals surface area (Å²) in [5, 5.41) is 3.33. The van der Waals surface area contributed by atoms with E-state index >= 15 is 0 Å². The van der Waals surface area contributed by atoms with E-state index in [1.165, 1.54) is 25.9 Å². The van der Waals surface area contributed by atoms with Gasteiger partial charge in [0.05, 0.1) is 5.92 Å². The second-order valence-electron chi connectivity index (χ2n) is 5.83. The molecule has 2 aliphatic heterocycles. The first-order valence-corrected chi connectivity index (χ1v) is 7.56. The summed E-state index contributed by atoms with van der Waals surface area (Å²) in [5.74, 6) is 0.219. The van der Waals surface area contributed by atoms with Crippen LogP contribution < -0.4 is 5.32 Å². The maximum Gasteiger partial charge on any atom is 0.231 e. The standard InChI is InChI=1S/C16H23N3O/c1-18(10-11-19-8-4-5-9-19)16(20)14-12-17-15-7-3-2-6-13(14)15/h2-3,6-7,14,17H,4-5,8-12H2,1H3. The second-order valence-corrected chi connectivity index (χ2v) is 5.83. The van der Waals surface area contributed by atoms with Crippen molar-refractivity contribution in [2.45, 2.75) is 18.8 Å². The summed E-state index contributed by atoms with van der Waals surface area (Å²) < 4.78 is 0. The third-order valence-corrected chi connectivity index (χ3v) is 4.46. The second kappa shape index (κ2) is 5.83. The summed E-state index contributed by atoms with van der Waals surface area (Å²) in [7, 11) is 1.93.